The number of rotatable bonds is 1. The SMILES string of the molecule is OCC#CCC1CCSCC1. The topological polar surface area (TPSA) is 20.2 Å². The van der Waals surface area contributed by atoms with Gasteiger partial charge in [0.1, 0.15) is 6.61 Å². The molecule has 1 aliphatic heterocycles. The smallest absolute Gasteiger partial charge is 0.104 e. The lowest BCUT2D eigenvalue weighted by Gasteiger charge is -2.18. The summed E-state index contributed by atoms with van der Waals surface area (Å²) in [5, 5.41) is 8.42. The third-order valence-corrected chi connectivity index (χ3v) is 2.98. The monoisotopic (exact) mass is 170 g/mol. The van der Waals surface area contributed by atoms with E-state index in [1.54, 1.807) is 0 Å². The van der Waals surface area contributed by atoms with E-state index in [1.807, 2.05) is 11.8 Å². The summed E-state index contributed by atoms with van der Waals surface area (Å²) in [4.78, 5) is 0. The fraction of sp³-hybridized carbons (Fsp3) is 0.778. The van der Waals surface area contributed by atoms with Crippen LogP contribution < -0.4 is 0 Å². The number of hydrogen-bond acceptors (Lipinski definition) is 2. The molecule has 1 fully saturated rings. The second-order valence-corrected chi connectivity index (χ2v) is 4.00. The van der Waals surface area contributed by atoms with Gasteiger partial charge in [0, 0.05) is 6.42 Å². The van der Waals surface area contributed by atoms with E-state index in [0.717, 1.165) is 12.3 Å². The molecule has 0 spiro atoms. The summed E-state index contributed by atoms with van der Waals surface area (Å²) in [7, 11) is 0. The predicted molar refractivity (Wildman–Crippen MR) is 49.5 cm³/mol. The van der Waals surface area contributed by atoms with Crippen LogP contribution >= 0.6 is 11.8 Å². The van der Waals surface area contributed by atoms with Gasteiger partial charge in [0.15, 0.2) is 0 Å². The van der Waals surface area contributed by atoms with E-state index in [-0.39, 0.29) is 6.61 Å². The Hall–Kier alpha value is -0.130. The van der Waals surface area contributed by atoms with Crippen molar-refractivity contribution in [2.45, 2.75) is 19.3 Å². The first-order chi connectivity index (χ1) is 5.43. The van der Waals surface area contributed by atoms with Crippen molar-refractivity contribution in [2.24, 2.45) is 5.92 Å². The number of aliphatic hydroxyl groups is 1. The maximum absolute atomic E-state index is 8.42. The first-order valence-electron chi connectivity index (χ1n) is 4.08. The van der Waals surface area contributed by atoms with Crippen molar-refractivity contribution in [3.63, 3.8) is 0 Å². The Morgan fingerprint density at radius 2 is 2.00 bits per heavy atom. The third-order valence-electron chi connectivity index (χ3n) is 1.94. The quantitative estimate of drug-likeness (QED) is 0.602. The van der Waals surface area contributed by atoms with Crippen LogP contribution in [0.1, 0.15) is 19.3 Å². The Kier molecular flexibility index (Phi) is 4.49. The van der Waals surface area contributed by atoms with Gasteiger partial charge in [0.25, 0.3) is 0 Å². The van der Waals surface area contributed by atoms with Gasteiger partial charge in [0.2, 0.25) is 0 Å². The molecule has 1 heterocycles. The molecule has 0 amide bonds. The first kappa shape index (κ1) is 8.96. The zero-order chi connectivity index (χ0) is 7.94. The molecule has 0 unspecified atom stereocenters. The Labute approximate surface area is 72.6 Å². The van der Waals surface area contributed by atoms with E-state index in [2.05, 4.69) is 11.8 Å². The number of aliphatic hydroxyl groups excluding tert-OH is 1. The van der Waals surface area contributed by atoms with E-state index in [0.29, 0.717) is 0 Å². The van der Waals surface area contributed by atoms with Crippen LogP contribution in [0.3, 0.4) is 0 Å². The molecule has 0 saturated carbocycles. The Morgan fingerprint density at radius 3 is 2.64 bits per heavy atom. The zero-order valence-corrected chi connectivity index (χ0v) is 7.49. The standard InChI is InChI=1S/C9H14OS/c10-6-2-1-3-9-4-7-11-8-5-9/h9-10H,3-8H2. The third kappa shape index (κ3) is 3.69. The fourth-order valence-electron chi connectivity index (χ4n) is 1.22. The minimum Gasteiger partial charge on any atom is -0.384 e. The second kappa shape index (κ2) is 5.51. The lowest BCUT2D eigenvalue weighted by Crippen LogP contribution is -2.08. The molecule has 0 aromatic heterocycles. The van der Waals surface area contributed by atoms with Gasteiger partial charge in [0.05, 0.1) is 0 Å². The zero-order valence-electron chi connectivity index (χ0n) is 6.68. The molecule has 1 aliphatic rings. The van der Waals surface area contributed by atoms with E-state index in [1.165, 1.54) is 24.3 Å². The highest BCUT2D eigenvalue weighted by Crippen LogP contribution is 2.24. The van der Waals surface area contributed by atoms with Crippen LogP contribution in [0.5, 0.6) is 0 Å². The van der Waals surface area contributed by atoms with Gasteiger partial charge in [-0.05, 0) is 30.3 Å². The molecule has 1 N–H and O–H groups in total. The molecular formula is C9H14OS. The summed E-state index contributed by atoms with van der Waals surface area (Å²) in [6, 6.07) is 0. The molecule has 1 nitrogen and oxygen atoms in total. The average molecular weight is 170 g/mol. The molecule has 0 aromatic rings. The highest BCUT2D eigenvalue weighted by atomic mass is 32.2. The maximum Gasteiger partial charge on any atom is 0.104 e. The molecule has 1 rings (SSSR count). The minimum absolute atomic E-state index is 0.0153. The molecule has 2 heteroatoms. The summed E-state index contributed by atoms with van der Waals surface area (Å²) in [6.45, 7) is 0.0153. The van der Waals surface area contributed by atoms with E-state index in [9.17, 15) is 0 Å². The van der Waals surface area contributed by atoms with Crippen LogP contribution in [0.4, 0.5) is 0 Å². The Morgan fingerprint density at radius 1 is 1.27 bits per heavy atom. The van der Waals surface area contributed by atoms with Gasteiger partial charge >= 0.3 is 0 Å². The molecule has 0 radical (unpaired) electrons. The van der Waals surface area contributed by atoms with Gasteiger partial charge in [-0.15, -0.1) is 5.92 Å². The molecular weight excluding hydrogens is 156 g/mol. The summed E-state index contributed by atoms with van der Waals surface area (Å²) >= 11 is 2.04. The molecule has 0 aliphatic carbocycles. The summed E-state index contributed by atoms with van der Waals surface area (Å²) < 4.78 is 0. The molecule has 0 aromatic carbocycles. The van der Waals surface area contributed by atoms with Crippen LogP contribution in [0.15, 0.2) is 0 Å². The van der Waals surface area contributed by atoms with E-state index in [4.69, 9.17) is 5.11 Å². The fourth-order valence-corrected chi connectivity index (χ4v) is 2.43. The van der Waals surface area contributed by atoms with E-state index >= 15 is 0 Å². The molecule has 0 bridgehead atoms. The van der Waals surface area contributed by atoms with E-state index < -0.39 is 0 Å². The predicted octanol–water partition coefficient (Wildman–Crippen LogP) is 1.52. The van der Waals surface area contributed by atoms with Crippen molar-refractivity contribution in [3.8, 4) is 11.8 Å². The number of thioether (sulfide) groups is 1. The lowest BCUT2D eigenvalue weighted by atomic mass is 9.99. The van der Waals surface area contributed by atoms with Gasteiger partial charge < -0.3 is 5.11 Å². The van der Waals surface area contributed by atoms with Crippen LogP contribution in [-0.2, 0) is 0 Å². The molecule has 62 valence electrons. The first-order valence-corrected chi connectivity index (χ1v) is 5.23. The van der Waals surface area contributed by atoms with Gasteiger partial charge in [-0.1, -0.05) is 5.92 Å². The highest BCUT2D eigenvalue weighted by molar-refractivity contribution is 7.99. The summed E-state index contributed by atoms with van der Waals surface area (Å²) in [6.07, 6.45) is 3.61. The van der Waals surface area contributed by atoms with Crippen LogP contribution in [0.2, 0.25) is 0 Å². The summed E-state index contributed by atoms with van der Waals surface area (Å²) in [5.41, 5.74) is 0. The van der Waals surface area contributed by atoms with Gasteiger partial charge in [-0.2, -0.15) is 11.8 Å². The maximum atomic E-state index is 8.42. The Balaban J connectivity index is 2.14. The number of hydrogen-bond donors (Lipinski definition) is 1. The molecule has 0 atom stereocenters. The lowest BCUT2D eigenvalue weighted by molar-refractivity contribution is 0.350. The molecule has 1 saturated heterocycles. The van der Waals surface area contributed by atoms with Crippen molar-refractivity contribution in [1.29, 1.82) is 0 Å². The average Bonchev–Trinajstić information content (AvgIpc) is 2.07. The Bertz CT molecular complexity index is 151. The van der Waals surface area contributed by atoms with Crippen molar-refractivity contribution in [1.82, 2.24) is 0 Å². The largest absolute Gasteiger partial charge is 0.384 e. The van der Waals surface area contributed by atoms with Crippen LogP contribution in [-0.4, -0.2) is 23.2 Å². The molecule has 11 heavy (non-hydrogen) atoms. The van der Waals surface area contributed by atoms with Crippen molar-refractivity contribution >= 4 is 11.8 Å². The van der Waals surface area contributed by atoms with Gasteiger partial charge in [-0.25, -0.2) is 0 Å². The second-order valence-electron chi connectivity index (χ2n) is 2.77. The van der Waals surface area contributed by atoms with Crippen LogP contribution in [0, 0.1) is 17.8 Å². The normalized spacial score (nSPS) is 19.0. The van der Waals surface area contributed by atoms with Crippen molar-refractivity contribution in [3.05, 3.63) is 0 Å². The van der Waals surface area contributed by atoms with Crippen molar-refractivity contribution < 1.29 is 5.11 Å². The van der Waals surface area contributed by atoms with Crippen molar-refractivity contribution in [2.75, 3.05) is 18.1 Å². The summed E-state index contributed by atoms with van der Waals surface area (Å²) in [5.74, 6) is 9.09. The highest BCUT2D eigenvalue weighted by Gasteiger charge is 2.11. The van der Waals surface area contributed by atoms with Gasteiger partial charge in [-0.3, -0.25) is 0 Å². The van der Waals surface area contributed by atoms with Crippen LogP contribution in [0.25, 0.3) is 0 Å². The minimum atomic E-state index is 0.0153.